The van der Waals surface area contributed by atoms with E-state index in [0.717, 1.165) is 25.0 Å². The number of nitrogens with one attached hydrogen (secondary N) is 1. The van der Waals surface area contributed by atoms with Gasteiger partial charge in [-0.25, -0.2) is 0 Å². The molecule has 0 saturated heterocycles. The van der Waals surface area contributed by atoms with Crippen molar-refractivity contribution < 1.29 is 0 Å². The summed E-state index contributed by atoms with van der Waals surface area (Å²) in [5.74, 6) is 0. The number of hydrogen-bond acceptors (Lipinski definition) is 2. The number of rotatable bonds is 7. The zero-order valence-corrected chi connectivity index (χ0v) is 10.1. The molecule has 0 fully saturated rings. The minimum Gasteiger partial charge on any atom is -0.329 e. The van der Waals surface area contributed by atoms with E-state index in [1.165, 1.54) is 5.56 Å². The van der Waals surface area contributed by atoms with Gasteiger partial charge in [-0.15, -0.1) is 0 Å². The second-order valence-corrected chi connectivity index (χ2v) is 4.29. The highest BCUT2D eigenvalue weighted by Crippen LogP contribution is 2.04. The third-order valence-electron chi connectivity index (χ3n) is 2.60. The van der Waals surface area contributed by atoms with Crippen molar-refractivity contribution in [2.75, 3.05) is 13.1 Å². The van der Waals surface area contributed by atoms with Gasteiger partial charge < -0.3 is 11.1 Å². The van der Waals surface area contributed by atoms with Crippen LogP contribution in [0.25, 0.3) is 0 Å². The molecule has 88 valence electrons. The number of aryl methyl sites for hydroxylation is 1. The maximum absolute atomic E-state index is 5.73. The van der Waals surface area contributed by atoms with E-state index < -0.39 is 0 Å². The lowest BCUT2D eigenvalue weighted by Crippen LogP contribution is -2.37. The van der Waals surface area contributed by atoms with Crippen molar-refractivity contribution in [3.8, 4) is 0 Å². The molecule has 0 radical (unpaired) electrons. The maximum Gasteiger partial charge on any atom is 0.0196 e. The summed E-state index contributed by atoms with van der Waals surface area (Å²) in [7, 11) is 0. The summed E-state index contributed by atoms with van der Waals surface area (Å²) in [6.07, 6.45) is 2.15. The average Bonchev–Trinajstić information content (AvgIpc) is 2.30. The predicted molar refractivity (Wildman–Crippen MR) is 70.4 cm³/mol. The van der Waals surface area contributed by atoms with Crippen LogP contribution in [-0.4, -0.2) is 19.1 Å². The quantitative estimate of drug-likeness (QED) is 0.688. The van der Waals surface area contributed by atoms with Crippen LogP contribution in [0.4, 0.5) is 0 Å². The van der Waals surface area contributed by atoms with Gasteiger partial charge in [0.25, 0.3) is 0 Å². The first kappa shape index (κ1) is 12.9. The van der Waals surface area contributed by atoms with Crippen LogP contribution < -0.4 is 11.1 Å². The largest absolute Gasteiger partial charge is 0.329 e. The van der Waals surface area contributed by atoms with Crippen molar-refractivity contribution in [3.63, 3.8) is 0 Å². The monoisotopic (exact) mass is 218 g/mol. The fraction of sp³-hybridized carbons (Fsp3) is 0.429. The van der Waals surface area contributed by atoms with Gasteiger partial charge in [0.05, 0.1) is 0 Å². The molecule has 1 unspecified atom stereocenters. The Bertz CT molecular complexity index is 306. The third kappa shape index (κ3) is 5.10. The Morgan fingerprint density at radius 2 is 2.06 bits per heavy atom. The Labute approximate surface area is 98.6 Å². The standard InChI is InChI=1S/C14H22N2/c1-12(2)11-16-14(10-15)9-8-13-6-4-3-5-7-13/h3-7,14,16H,1,8-11,15H2,2H3. The van der Waals surface area contributed by atoms with E-state index in [2.05, 4.69) is 36.2 Å². The fourth-order valence-electron chi connectivity index (χ4n) is 1.61. The van der Waals surface area contributed by atoms with E-state index in [9.17, 15) is 0 Å². The number of nitrogens with two attached hydrogens (primary N) is 1. The van der Waals surface area contributed by atoms with Crippen LogP contribution in [0.2, 0.25) is 0 Å². The molecule has 0 heterocycles. The van der Waals surface area contributed by atoms with Crippen molar-refractivity contribution in [1.29, 1.82) is 0 Å². The van der Waals surface area contributed by atoms with Crippen molar-refractivity contribution in [2.24, 2.45) is 5.73 Å². The van der Waals surface area contributed by atoms with Gasteiger partial charge in [-0.2, -0.15) is 0 Å². The van der Waals surface area contributed by atoms with Gasteiger partial charge in [-0.1, -0.05) is 42.5 Å². The predicted octanol–water partition coefficient (Wildman–Crippen LogP) is 2.11. The zero-order valence-electron chi connectivity index (χ0n) is 10.1. The van der Waals surface area contributed by atoms with Gasteiger partial charge in [0.1, 0.15) is 0 Å². The Kier molecular flexibility index (Phi) is 5.83. The van der Waals surface area contributed by atoms with Gasteiger partial charge in [-0.05, 0) is 25.3 Å². The minimum atomic E-state index is 0.386. The summed E-state index contributed by atoms with van der Waals surface area (Å²) >= 11 is 0. The summed E-state index contributed by atoms with van der Waals surface area (Å²) in [5, 5.41) is 3.41. The first-order chi connectivity index (χ1) is 7.72. The van der Waals surface area contributed by atoms with Crippen LogP contribution in [0.5, 0.6) is 0 Å². The van der Waals surface area contributed by atoms with Gasteiger partial charge in [0.2, 0.25) is 0 Å². The van der Waals surface area contributed by atoms with Gasteiger partial charge in [0.15, 0.2) is 0 Å². The van der Waals surface area contributed by atoms with Crippen molar-refractivity contribution >= 4 is 0 Å². The van der Waals surface area contributed by atoms with E-state index in [4.69, 9.17) is 5.73 Å². The molecule has 0 bridgehead atoms. The van der Waals surface area contributed by atoms with E-state index >= 15 is 0 Å². The molecule has 1 aromatic carbocycles. The summed E-state index contributed by atoms with van der Waals surface area (Å²) in [4.78, 5) is 0. The molecule has 0 aromatic heterocycles. The molecule has 1 rings (SSSR count). The fourth-order valence-corrected chi connectivity index (χ4v) is 1.61. The van der Waals surface area contributed by atoms with E-state index in [1.54, 1.807) is 0 Å². The van der Waals surface area contributed by atoms with Gasteiger partial charge in [-0.3, -0.25) is 0 Å². The molecule has 0 spiro atoms. The molecule has 0 aliphatic heterocycles. The molecule has 0 saturated carbocycles. The number of hydrogen-bond donors (Lipinski definition) is 2. The molecular weight excluding hydrogens is 196 g/mol. The molecule has 3 N–H and O–H groups in total. The normalized spacial score (nSPS) is 12.4. The minimum absolute atomic E-state index is 0.386. The summed E-state index contributed by atoms with van der Waals surface area (Å²) in [6.45, 7) is 7.44. The van der Waals surface area contributed by atoms with Crippen LogP contribution in [-0.2, 0) is 6.42 Å². The third-order valence-corrected chi connectivity index (χ3v) is 2.60. The zero-order chi connectivity index (χ0) is 11.8. The molecule has 0 amide bonds. The lowest BCUT2D eigenvalue weighted by atomic mass is 10.1. The maximum atomic E-state index is 5.73. The van der Waals surface area contributed by atoms with Crippen LogP contribution in [0.15, 0.2) is 42.5 Å². The van der Waals surface area contributed by atoms with Crippen LogP contribution in [0.1, 0.15) is 18.9 Å². The summed E-state index contributed by atoms with van der Waals surface area (Å²) in [6, 6.07) is 10.9. The van der Waals surface area contributed by atoms with Crippen molar-refractivity contribution in [2.45, 2.75) is 25.8 Å². The van der Waals surface area contributed by atoms with Gasteiger partial charge >= 0.3 is 0 Å². The molecule has 16 heavy (non-hydrogen) atoms. The Balaban J connectivity index is 2.31. The van der Waals surface area contributed by atoms with E-state index in [0.29, 0.717) is 12.6 Å². The molecule has 2 heteroatoms. The first-order valence-corrected chi connectivity index (χ1v) is 5.84. The number of benzene rings is 1. The smallest absolute Gasteiger partial charge is 0.0196 e. The van der Waals surface area contributed by atoms with Gasteiger partial charge in [0, 0.05) is 19.1 Å². The second kappa shape index (κ2) is 7.20. The average molecular weight is 218 g/mol. The summed E-state index contributed by atoms with van der Waals surface area (Å²) < 4.78 is 0. The SMILES string of the molecule is C=C(C)CNC(CN)CCc1ccccc1. The Morgan fingerprint density at radius 3 is 2.62 bits per heavy atom. The molecule has 2 nitrogen and oxygen atoms in total. The van der Waals surface area contributed by atoms with Crippen molar-refractivity contribution in [1.82, 2.24) is 5.32 Å². The first-order valence-electron chi connectivity index (χ1n) is 5.84. The highest BCUT2D eigenvalue weighted by atomic mass is 14.9. The lowest BCUT2D eigenvalue weighted by Gasteiger charge is -2.16. The van der Waals surface area contributed by atoms with E-state index in [1.807, 2.05) is 13.0 Å². The van der Waals surface area contributed by atoms with Crippen LogP contribution in [0, 0.1) is 0 Å². The van der Waals surface area contributed by atoms with E-state index in [-0.39, 0.29) is 0 Å². The topological polar surface area (TPSA) is 38.0 Å². The van der Waals surface area contributed by atoms with Crippen LogP contribution >= 0.6 is 0 Å². The second-order valence-electron chi connectivity index (χ2n) is 4.29. The highest BCUT2D eigenvalue weighted by molar-refractivity contribution is 5.14. The molecule has 0 aliphatic rings. The molecule has 1 atom stereocenters. The highest BCUT2D eigenvalue weighted by Gasteiger charge is 2.05. The van der Waals surface area contributed by atoms with Crippen molar-refractivity contribution in [3.05, 3.63) is 48.0 Å². The van der Waals surface area contributed by atoms with Crippen LogP contribution in [0.3, 0.4) is 0 Å². The molecule has 0 aliphatic carbocycles. The Morgan fingerprint density at radius 1 is 1.38 bits per heavy atom. The lowest BCUT2D eigenvalue weighted by molar-refractivity contribution is 0.507. The molecular formula is C14H22N2. The summed E-state index contributed by atoms with van der Waals surface area (Å²) in [5.41, 5.74) is 8.26. The molecule has 1 aromatic rings. The Hall–Kier alpha value is -1.12.